The van der Waals surface area contributed by atoms with Crippen LogP contribution in [0.2, 0.25) is 0 Å². The van der Waals surface area contributed by atoms with Crippen molar-refractivity contribution in [2.24, 2.45) is 10.8 Å². The Hall–Kier alpha value is -0.610. The Morgan fingerprint density at radius 1 is 1.47 bits per heavy atom. The van der Waals surface area contributed by atoms with Gasteiger partial charge in [0.1, 0.15) is 0 Å². The summed E-state index contributed by atoms with van der Waals surface area (Å²) in [5.41, 5.74) is -0.0426. The number of nitrogens with one attached hydrogen (secondary N) is 2. The summed E-state index contributed by atoms with van der Waals surface area (Å²) < 4.78 is 5.16. The molecule has 2 fully saturated rings. The average Bonchev–Trinajstić information content (AvgIpc) is 2.60. The zero-order valence-corrected chi connectivity index (χ0v) is 9.56. The fourth-order valence-electron chi connectivity index (χ4n) is 2.07. The highest BCUT2D eigenvalue weighted by molar-refractivity contribution is 5.82. The first kappa shape index (κ1) is 10.9. The molecule has 0 spiro atoms. The second-order valence-electron chi connectivity index (χ2n) is 5.47. The second kappa shape index (κ2) is 3.76. The van der Waals surface area contributed by atoms with Crippen LogP contribution in [0.25, 0.3) is 0 Å². The van der Waals surface area contributed by atoms with Gasteiger partial charge in [-0.15, -0.1) is 0 Å². The van der Waals surface area contributed by atoms with Crippen molar-refractivity contribution < 1.29 is 9.53 Å². The highest BCUT2D eigenvalue weighted by atomic mass is 16.5. The smallest absolute Gasteiger partial charge is 0.227 e. The fraction of sp³-hybridized carbons (Fsp3) is 0.909. The van der Waals surface area contributed by atoms with E-state index in [0.717, 1.165) is 39.3 Å². The monoisotopic (exact) mass is 212 g/mol. The van der Waals surface area contributed by atoms with Gasteiger partial charge in [0.15, 0.2) is 0 Å². The summed E-state index contributed by atoms with van der Waals surface area (Å²) >= 11 is 0. The zero-order chi connectivity index (χ0) is 10.9. The quantitative estimate of drug-likeness (QED) is 0.699. The fourth-order valence-corrected chi connectivity index (χ4v) is 2.07. The number of carbonyl (C=O) groups is 1. The van der Waals surface area contributed by atoms with Gasteiger partial charge in [-0.25, -0.2) is 0 Å². The van der Waals surface area contributed by atoms with E-state index in [1.807, 2.05) is 6.92 Å². The molecule has 1 amide bonds. The van der Waals surface area contributed by atoms with Gasteiger partial charge in [0, 0.05) is 18.5 Å². The van der Waals surface area contributed by atoms with Crippen molar-refractivity contribution in [1.82, 2.24) is 10.6 Å². The molecule has 2 heterocycles. The van der Waals surface area contributed by atoms with E-state index in [4.69, 9.17) is 4.74 Å². The lowest BCUT2D eigenvalue weighted by atomic mass is 9.86. The maximum Gasteiger partial charge on any atom is 0.227 e. The predicted molar refractivity (Wildman–Crippen MR) is 57.5 cm³/mol. The Morgan fingerprint density at radius 2 is 2.20 bits per heavy atom. The minimum Gasteiger partial charge on any atom is -0.380 e. The first-order chi connectivity index (χ1) is 7.04. The van der Waals surface area contributed by atoms with Gasteiger partial charge in [0.25, 0.3) is 0 Å². The molecular weight excluding hydrogens is 192 g/mol. The number of amides is 1. The van der Waals surface area contributed by atoms with Crippen LogP contribution in [0.5, 0.6) is 0 Å². The van der Waals surface area contributed by atoms with Gasteiger partial charge >= 0.3 is 0 Å². The van der Waals surface area contributed by atoms with Gasteiger partial charge in [-0.05, 0) is 19.9 Å². The Morgan fingerprint density at radius 3 is 2.67 bits per heavy atom. The van der Waals surface area contributed by atoms with Crippen molar-refractivity contribution in [3.05, 3.63) is 0 Å². The van der Waals surface area contributed by atoms with Crippen LogP contribution in [0, 0.1) is 10.8 Å². The average molecular weight is 212 g/mol. The van der Waals surface area contributed by atoms with Crippen LogP contribution < -0.4 is 10.6 Å². The number of carbonyl (C=O) groups excluding carboxylic acids is 1. The van der Waals surface area contributed by atoms with E-state index in [1.54, 1.807) is 0 Å². The third kappa shape index (κ3) is 2.16. The molecule has 0 radical (unpaired) electrons. The SMILES string of the molecule is CC1(CNC(=O)C2(C)CCNC2)COC1. The molecule has 4 nitrogen and oxygen atoms in total. The second-order valence-corrected chi connectivity index (χ2v) is 5.47. The van der Waals surface area contributed by atoms with Gasteiger partial charge in [-0.2, -0.15) is 0 Å². The summed E-state index contributed by atoms with van der Waals surface area (Å²) in [4.78, 5) is 12.0. The molecule has 2 rings (SSSR count). The molecule has 4 heteroatoms. The standard InChI is InChI=1S/C11H20N2O2/c1-10(7-15-8-10)5-13-9(14)11(2)3-4-12-6-11/h12H,3-8H2,1-2H3,(H,13,14). The molecule has 1 unspecified atom stereocenters. The number of hydrogen-bond acceptors (Lipinski definition) is 3. The van der Waals surface area contributed by atoms with E-state index in [0.29, 0.717) is 0 Å². The lowest BCUT2D eigenvalue weighted by molar-refractivity contribution is -0.134. The van der Waals surface area contributed by atoms with E-state index in [1.165, 1.54) is 0 Å². The molecule has 0 aliphatic carbocycles. The van der Waals surface area contributed by atoms with Crippen molar-refractivity contribution in [2.45, 2.75) is 20.3 Å². The maximum atomic E-state index is 12.0. The van der Waals surface area contributed by atoms with E-state index in [-0.39, 0.29) is 16.7 Å². The van der Waals surface area contributed by atoms with Crippen molar-refractivity contribution in [3.8, 4) is 0 Å². The Bertz CT molecular complexity index is 255. The number of hydrogen-bond donors (Lipinski definition) is 2. The maximum absolute atomic E-state index is 12.0. The van der Waals surface area contributed by atoms with Gasteiger partial charge in [0.05, 0.1) is 18.6 Å². The van der Waals surface area contributed by atoms with Crippen LogP contribution in [0.15, 0.2) is 0 Å². The molecule has 1 atom stereocenters. The minimum absolute atomic E-state index is 0.165. The summed E-state index contributed by atoms with van der Waals surface area (Å²) in [6.45, 7) is 8.19. The van der Waals surface area contributed by atoms with Crippen molar-refractivity contribution in [2.75, 3.05) is 32.8 Å². The van der Waals surface area contributed by atoms with E-state index in [2.05, 4.69) is 17.6 Å². The van der Waals surface area contributed by atoms with E-state index < -0.39 is 0 Å². The first-order valence-electron chi connectivity index (χ1n) is 5.61. The minimum atomic E-state index is -0.207. The van der Waals surface area contributed by atoms with Crippen LogP contribution in [0.4, 0.5) is 0 Å². The molecule has 2 aliphatic heterocycles. The molecule has 0 aromatic carbocycles. The number of rotatable bonds is 3. The third-order valence-corrected chi connectivity index (χ3v) is 3.49. The summed E-state index contributed by atoms with van der Waals surface area (Å²) in [5.74, 6) is 0.181. The van der Waals surface area contributed by atoms with Crippen molar-refractivity contribution in [3.63, 3.8) is 0 Å². The molecule has 0 aromatic heterocycles. The number of ether oxygens (including phenoxy) is 1. The molecule has 2 aliphatic rings. The van der Waals surface area contributed by atoms with E-state index >= 15 is 0 Å². The highest BCUT2D eigenvalue weighted by Crippen LogP contribution is 2.27. The van der Waals surface area contributed by atoms with Crippen LogP contribution in [-0.4, -0.2) is 38.8 Å². The first-order valence-corrected chi connectivity index (χ1v) is 5.61. The summed E-state index contributed by atoms with van der Waals surface area (Å²) in [5, 5.41) is 6.28. The van der Waals surface area contributed by atoms with Gasteiger partial charge < -0.3 is 15.4 Å². The Kier molecular flexibility index (Phi) is 2.73. The molecule has 0 saturated carbocycles. The van der Waals surface area contributed by atoms with Crippen LogP contribution in [0.1, 0.15) is 20.3 Å². The van der Waals surface area contributed by atoms with Gasteiger partial charge in [-0.3, -0.25) is 4.79 Å². The van der Waals surface area contributed by atoms with Gasteiger partial charge in [0.2, 0.25) is 5.91 Å². The molecule has 0 aromatic rings. The van der Waals surface area contributed by atoms with Gasteiger partial charge in [-0.1, -0.05) is 6.92 Å². The normalized spacial score (nSPS) is 33.5. The lowest BCUT2D eigenvalue weighted by Crippen LogP contribution is -2.51. The molecule has 0 bridgehead atoms. The zero-order valence-electron chi connectivity index (χ0n) is 9.56. The predicted octanol–water partition coefficient (Wildman–Crippen LogP) is 0.139. The van der Waals surface area contributed by atoms with E-state index in [9.17, 15) is 4.79 Å². The van der Waals surface area contributed by atoms with Crippen LogP contribution in [-0.2, 0) is 9.53 Å². The summed E-state index contributed by atoms with van der Waals surface area (Å²) in [6.07, 6.45) is 0.937. The molecular formula is C11H20N2O2. The largest absolute Gasteiger partial charge is 0.380 e. The van der Waals surface area contributed by atoms with Crippen LogP contribution in [0.3, 0.4) is 0 Å². The Balaban J connectivity index is 1.81. The topological polar surface area (TPSA) is 50.4 Å². The van der Waals surface area contributed by atoms with Crippen molar-refractivity contribution >= 4 is 5.91 Å². The molecule has 2 saturated heterocycles. The third-order valence-electron chi connectivity index (χ3n) is 3.49. The molecule has 86 valence electrons. The van der Waals surface area contributed by atoms with Crippen LogP contribution >= 0.6 is 0 Å². The van der Waals surface area contributed by atoms with Crippen molar-refractivity contribution in [1.29, 1.82) is 0 Å². The molecule has 15 heavy (non-hydrogen) atoms. The lowest BCUT2D eigenvalue weighted by Gasteiger charge is -2.38. The summed E-state index contributed by atoms with van der Waals surface area (Å²) in [7, 11) is 0. The highest BCUT2D eigenvalue weighted by Gasteiger charge is 2.39. The Labute approximate surface area is 90.8 Å². The molecule has 2 N–H and O–H groups in total. The summed E-state index contributed by atoms with van der Waals surface area (Å²) in [6, 6.07) is 0.